The molecule has 0 radical (unpaired) electrons. The SMILES string of the molecule is Cc1cc(F)cc(C(=O)N(CC2CC2)CC2CN(C)CCO2)c1. The van der Waals surface area contributed by atoms with Crippen LogP contribution >= 0.6 is 0 Å². The Morgan fingerprint density at radius 2 is 2.13 bits per heavy atom. The van der Waals surface area contributed by atoms with Gasteiger partial charge in [0.05, 0.1) is 12.7 Å². The van der Waals surface area contributed by atoms with Gasteiger partial charge in [0, 0.05) is 31.7 Å². The fraction of sp³-hybridized carbons (Fsp3) is 0.611. The summed E-state index contributed by atoms with van der Waals surface area (Å²) >= 11 is 0. The number of aryl methyl sites for hydroxylation is 1. The number of hydrogen-bond donors (Lipinski definition) is 0. The summed E-state index contributed by atoms with van der Waals surface area (Å²) in [5.41, 5.74) is 1.21. The second-order valence-electron chi connectivity index (χ2n) is 6.93. The lowest BCUT2D eigenvalue weighted by Gasteiger charge is -2.34. The standard InChI is InChI=1S/C18H25FN2O2/c1-13-7-15(9-16(19)8-13)18(22)21(10-14-3-4-14)12-17-11-20(2)5-6-23-17/h7-9,14,17H,3-6,10-12H2,1-2H3. The van der Waals surface area contributed by atoms with Crippen molar-refractivity contribution >= 4 is 5.91 Å². The number of carbonyl (C=O) groups excluding carboxylic acids is 1. The van der Waals surface area contributed by atoms with Crippen LogP contribution in [0.4, 0.5) is 4.39 Å². The molecule has 23 heavy (non-hydrogen) atoms. The van der Waals surface area contributed by atoms with Crippen molar-refractivity contribution in [2.45, 2.75) is 25.9 Å². The van der Waals surface area contributed by atoms with Crippen LogP contribution in [0.2, 0.25) is 0 Å². The summed E-state index contributed by atoms with van der Waals surface area (Å²) < 4.78 is 19.4. The molecule has 0 spiro atoms. The van der Waals surface area contributed by atoms with Crippen molar-refractivity contribution in [2.75, 3.05) is 39.8 Å². The second kappa shape index (κ2) is 6.97. The normalized spacial score (nSPS) is 22.1. The van der Waals surface area contributed by atoms with Crippen molar-refractivity contribution in [3.63, 3.8) is 0 Å². The predicted molar refractivity (Wildman–Crippen MR) is 87.0 cm³/mol. The maximum atomic E-state index is 13.6. The lowest BCUT2D eigenvalue weighted by atomic mass is 10.1. The van der Waals surface area contributed by atoms with Crippen molar-refractivity contribution in [2.24, 2.45) is 5.92 Å². The van der Waals surface area contributed by atoms with Gasteiger partial charge >= 0.3 is 0 Å². The van der Waals surface area contributed by atoms with Gasteiger partial charge in [-0.25, -0.2) is 4.39 Å². The van der Waals surface area contributed by atoms with Gasteiger partial charge in [-0.15, -0.1) is 0 Å². The van der Waals surface area contributed by atoms with Gasteiger partial charge in [0.15, 0.2) is 0 Å². The first-order valence-electron chi connectivity index (χ1n) is 8.38. The highest BCUT2D eigenvalue weighted by atomic mass is 19.1. The van der Waals surface area contributed by atoms with Crippen LogP contribution in [0.5, 0.6) is 0 Å². The number of amides is 1. The van der Waals surface area contributed by atoms with E-state index in [2.05, 4.69) is 11.9 Å². The van der Waals surface area contributed by atoms with Crippen LogP contribution in [0, 0.1) is 18.7 Å². The average molecular weight is 320 g/mol. The minimum Gasteiger partial charge on any atom is -0.374 e. The Balaban J connectivity index is 1.73. The Labute approximate surface area is 137 Å². The molecule has 5 heteroatoms. The quantitative estimate of drug-likeness (QED) is 0.835. The largest absolute Gasteiger partial charge is 0.374 e. The monoisotopic (exact) mass is 320 g/mol. The summed E-state index contributed by atoms with van der Waals surface area (Å²) in [6, 6.07) is 4.55. The van der Waals surface area contributed by atoms with E-state index in [1.807, 2.05) is 11.8 Å². The summed E-state index contributed by atoms with van der Waals surface area (Å²) in [6.45, 7) is 5.59. The molecule has 1 aromatic rings. The summed E-state index contributed by atoms with van der Waals surface area (Å²) in [7, 11) is 2.07. The van der Waals surface area contributed by atoms with Crippen LogP contribution in [0.15, 0.2) is 18.2 Å². The summed E-state index contributed by atoms with van der Waals surface area (Å²) in [5.74, 6) is 0.152. The molecular weight excluding hydrogens is 295 g/mol. The Morgan fingerprint density at radius 3 is 2.78 bits per heavy atom. The van der Waals surface area contributed by atoms with Gasteiger partial charge in [0.25, 0.3) is 5.91 Å². The van der Waals surface area contributed by atoms with E-state index in [1.54, 1.807) is 6.07 Å². The third-order valence-electron chi connectivity index (χ3n) is 4.52. The van der Waals surface area contributed by atoms with Crippen molar-refractivity contribution in [1.82, 2.24) is 9.80 Å². The zero-order chi connectivity index (χ0) is 16.4. The highest BCUT2D eigenvalue weighted by Gasteiger charge is 2.30. The number of nitrogens with zero attached hydrogens (tertiary/aromatic N) is 2. The first-order valence-corrected chi connectivity index (χ1v) is 8.38. The van der Waals surface area contributed by atoms with Gasteiger partial charge < -0.3 is 14.5 Å². The van der Waals surface area contributed by atoms with Gasteiger partial charge in [0.2, 0.25) is 0 Å². The van der Waals surface area contributed by atoms with Crippen LogP contribution in [-0.2, 0) is 4.74 Å². The zero-order valence-corrected chi connectivity index (χ0v) is 13.9. The molecule has 1 saturated heterocycles. The number of halogens is 1. The highest BCUT2D eigenvalue weighted by Crippen LogP contribution is 2.30. The zero-order valence-electron chi connectivity index (χ0n) is 13.9. The number of hydrogen-bond acceptors (Lipinski definition) is 3. The first-order chi connectivity index (χ1) is 11.0. The number of carbonyl (C=O) groups is 1. The lowest BCUT2D eigenvalue weighted by molar-refractivity contribution is -0.0331. The van der Waals surface area contributed by atoms with Gasteiger partial charge in [-0.05, 0) is 56.5 Å². The van der Waals surface area contributed by atoms with Gasteiger partial charge in [-0.3, -0.25) is 4.79 Å². The highest BCUT2D eigenvalue weighted by molar-refractivity contribution is 5.94. The van der Waals surface area contributed by atoms with E-state index in [0.717, 1.165) is 25.2 Å². The summed E-state index contributed by atoms with van der Waals surface area (Å²) in [4.78, 5) is 16.9. The molecule has 1 heterocycles. The van der Waals surface area contributed by atoms with E-state index in [4.69, 9.17) is 4.74 Å². The van der Waals surface area contributed by atoms with Crippen molar-refractivity contribution < 1.29 is 13.9 Å². The first kappa shape index (κ1) is 16.4. The molecule has 2 fully saturated rings. The van der Waals surface area contributed by atoms with Crippen molar-refractivity contribution in [3.05, 3.63) is 35.1 Å². The Kier molecular flexibility index (Phi) is 4.97. The average Bonchev–Trinajstić information content (AvgIpc) is 3.29. The molecule has 4 nitrogen and oxygen atoms in total. The third kappa shape index (κ3) is 4.52. The van der Waals surface area contributed by atoms with Crippen LogP contribution in [0.3, 0.4) is 0 Å². The van der Waals surface area contributed by atoms with E-state index < -0.39 is 0 Å². The summed E-state index contributed by atoms with van der Waals surface area (Å²) in [5, 5.41) is 0. The molecule has 1 saturated carbocycles. The van der Waals surface area contributed by atoms with Crippen LogP contribution in [0.25, 0.3) is 0 Å². The molecule has 126 valence electrons. The van der Waals surface area contributed by atoms with Crippen molar-refractivity contribution in [3.8, 4) is 0 Å². The maximum Gasteiger partial charge on any atom is 0.254 e. The summed E-state index contributed by atoms with van der Waals surface area (Å²) in [6.07, 6.45) is 2.39. The molecule has 1 aliphatic heterocycles. The molecule has 1 unspecified atom stereocenters. The van der Waals surface area contributed by atoms with Gasteiger partial charge in [-0.1, -0.05) is 0 Å². The van der Waals surface area contributed by atoms with E-state index in [1.165, 1.54) is 25.0 Å². The van der Waals surface area contributed by atoms with Gasteiger partial charge in [-0.2, -0.15) is 0 Å². The molecule has 1 aromatic carbocycles. The second-order valence-corrected chi connectivity index (χ2v) is 6.93. The Hall–Kier alpha value is -1.46. The topological polar surface area (TPSA) is 32.8 Å². The molecule has 0 N–H and O–H groups in total. The molecule has 0 aromatic heterocycles. The molecule has 3 rings (SSSR count). The fourth-order valence-electron chi connectivity index (χ4n) is 3.12. The molecular formula is C18H25FN2O2. The van der Waals surface area contributed by atoms with Gasteiger partial charge in [0.1, 0.15) is 5.82 Å². The smallest absolute Gasteiger partial charge is 0.254 e. The molecule has 2 aliphatic rings. The minimum absolute atomic E-state index is 0.0334. The Bertz CT molecular complexity index is 554. The van der Waals surface area contributed by atoms with Crippen LogP contribution in [0.1, 0.15) is 28.8 Å². The van der Waals surface area contributed by atoms with Crippen LogP contribution in [-0.4, -0.2) is 61.6 Å². The third-order valence-corrected chi connectivity index (χ3v) is 4.52. The van der Waals surface area contributed by atoms with E-state index in [-0.39, 0.29) is 17.8 Å². The minimum atomic E-state index is -0.353. The van der Waals surface area contributed by atoms with Crippen LogP contribution < -0.4 is 0 Å². The van der Waals surface area contributed by atoms with E-state index >= 15 is 0 Å². The number of benzene rings is 1. The molecule has 1 atom stereocenters. The number of rotatable bonds is 5. The lowest BCUT2D eigenvalue weighted by Crippen LogP contribution is -2.48. The predicted octanol–water partition coefficient (Wildman–Crippen LogP) is 2.32. The number of ether oxygens (including phenoxy) is 1. The number of morpholine rings is 1. The van der Waals surface area contributed by atoms with Crippen molar-refractivity contribution in [1.29, 1.82) is 0 Å². The fourth-order valence-corrected chi connectivity index (χ4v) is 3.12. The maximum absolute atomic E-state index is 13.6. The molecule has 1 amide bonds. The molecule has 1 aliphatic carbocycles. The molecule has 0 bridgehead atoms. The number of likely N-dealkylation sites (N-methyl/N-ethyl adjacent to an activating group) is 1. The van der Waals surface area contributed by atoms with E-state index in [9.17, 15) is 9.18 Å². The van der Waals surface area contributed by atoms with E-state index in [0.29, 0.717) is 24.6 Å². The Morgan fingerprint density at radius 1 is 1.35 bits per heavy atom.